The number of rotatable bonds is 6. The normalized spacial score (nSPS) is 23.8. The number of amides is 2. The number of hydrogen-bond donors (Lipinski definition) is 1. The van der Waals surface area contributed by atoms with Gasteiger partial charge in [-0.2, -0.15) is 18.3 Å². The number of piperidine rings is 1. The Morgan fingerprint density at radius 2 is 1.92 bits per heavy atom. The van der Waals surface area contributed by atoms with Crippen molar-refractivity contribution in [1.82, 2.24) is 20.0 Å². The summed E-state index contributed by atoms with van der Waals surface area (Å²) < 4.78 is 61.3. The molecule has 212 valence electrons. The number of alkyl halides is 3. The lowest BCUT2D eigenvalue weighted by Crippen LogP contribution is -2.40. The van der Waals surface area contributed by atoms with Gasteiger partial charge in [0.15, 0.2) is 0 Å². The zero-order valence-electron chi connectivity index (χ0n) is 21.9. The van der Waals surface area contributed by atoms with Crippen molar-refractivity contribution in [3.8, 4) is 11.3 Å². The van der Waals surface area contributed by atoms with E-state index in [1.165, 1.54) is 0 Å². The van der Waals surface area contributed by atoms with E-state index in [-0.39, 0.29) is 60.3 Å². The van der Waals surface area contributed by atoms with Crippen molar-refractivity contribution in [3.05, 3.63) is 28.8 Å². The molecule has 12 heteroatoms. The van der Waals surface area contributed by atoms with Crippen molar-refractivity contribution < 1.29 is 36.7 Å². The van der Waals surface area contributed by atoms with Gasteiger partial charge in [0.2, 0.25) is 11.7 Å². The van der Waals surface area contributed by atoms with Crippen molar-refractivity contribution in [1.29, 1.82) is 0 Å². The molecule has 4 heterocycles. The summed E-state index contributed by atoms with van der Waals surface area (Å²) in [4.78, 5) is 27.2. The van der Waals surface area contributed by atoms with Crippen molar-refractivity contribution in [2.45, 2.75) is 63.8 Å². The van der Waals surface area contributed by atoms with E-state index in [2.05, 4.69) is 10.4 Å². The second-order valence-corrected chi connectivity index (χ2v) is 11.2. The van der Waals surface area contributed by atoms with Crippen LogP contribution in [-0.2, 0) is 33.4 Å². The Morgan fingerprint density at radius 3 is 2.59 bits per heavy atom. The van der Waals surface area contributed by atoms with Gasteiger partial charge in [0.05, 0.1) is 37.2 Å². The van der Waals surface area contributed by atoms with Gasteiger partial charge in [0.25, 0.3) is 5.91 Å². The minimum atomic E-state index is -4.81. The summed E-state index contributed by atoms with van der Waals surface area (Å²) in [6.07, 6.45) is 0.480. The van der Waals surface area contributed by atoms with Crippen LogP contribution in [0.5, 0.6) is 0 Å². The van der Waals surface area contributed by atoms with Crippen LogP contribution in [0.3, 0.4) is 0 Å². The number of nitrogens with one attached hydrogen (secondary N) is 1. The van der Waals surface area contributed by atoms with Crippen molar-refractivity contribution in [3.63, 3.8) is 0 Å². The third-order valence-electron chi connectivity index (χ3n) is 8.19. The maximum atomic E-state index is 14.4. The minimum absolute atomic E-state index is 0.0167. The summed E-state index contributed by atoms with van der Waals surface area (Å²) in [5.74, 6) is -0.934. The maximum absolute atomic E-state index is 14.4. The third kappa shape index (κ3) is 5.32. The number of aromatic nitrogens is 2. The number of fused-ring (bicyclic) bond motifs is 3. The molecule has 2 saturated heterocycles. The molecule has 1 saturated carbocycles. The van der Waals surface area contributed by atoms with Crippen molar-refractivity contribution in [2.24, 2.45) is 11.8 Å². The average molecular weight is 551 g/mol. The highest BCUT2D eigenvalue weighted by atomic mass is 19.4. The smallest absolute Gasteiger partial charge is 0.420 e. The first-order valence-corrected chi connectivity index (χ1v) is 13.8. The minimum Gasteiger partial charge on any atom is -0.455 e. The number of carbonyl (C=O) groups is 2. The monoisotopic (exact) mass is 550 g/mol. The van der Waals surface area contributed by atoms with Crippen molar-refractivity contribution >= 4 is 11.8 Å². The van der Waals surface area contributed by atoms with E-state index in [1.54, 1.807) is 4.68 Å². The summed E-state index contributed by atoms with van der Waals surface area (Å²) in [6, 6.07) is 0. The van der Waals surface area contributed by atoms with Crippen LogP contribution >= 0.6 is 0 Å². The van der Waals surface area contributed by atoms with Gasteiger partial charge >= 0.3 is 6.18 Å². The van der Waals surface area contributed by atoms with Crippen LogP contribution in [0, 0.1) is 11.8 Å². The van der Waals surface area contributed by atoms with Crippen LogP contribution in [0.2, 0.25) is 0 Å². The molecule has 0 bridgehead atoms. The SMILES string of the molecule is C[C@H]1Cc2oc(C(=O)NC[C@@H]3COCCO3)c(C(F)(F)F)c2-c2nn(CC3CCN(C(=O)C4CC4)CC3)cc21. The molecule has 2 aliphatic heterocycles. The van der Waals surface area contributed by atoms with Crippen LogP contribution in [0.15, 0.2) is 10.6 Å². The number of carbonyl (C=O) groups excluding carboxylic acids is 2. The van der Waals surface area contributed by atoms with E-state index >= 15 is 0 Å². The van der Waals surface area contributed by atoms with Crippen LogP contribution in [0.1, 0.15) is 66.0 Å². The van der Waals surface area contributed by atoms with Crippen molar-refractivity contribution in [2.75, 3.05) is 39.5 Å². The largest absolute Gasteiger partial charge is 0.455 e. The quantitative estimate of drug-likeness (QED) is 0.590. The fourth-order valence-electron chi connectivity index (χ4n) is 5.91. The Morgan fingerprint density at radius 1 is 1.15 bits per heavy atom. The number of ether oxygens (including phenoxy) is 2. The topological polar surface area (TPSA) is 98.8 Å². The Kier molecular flexibility index (Phi) is 6.95. The van der Waals surface area contributed by atoms with E-state index in [4.69, 9.17) is 13.9 Å². The molecule has 2 aliphatic carbocycles. The van der Waals surface area contributed by atoms with Crippen LogP contribution in [0.25, 0.3) is 11.3 Å². The highest BCUT2D eigenvalue weighted by Crippen LogP contribution is 2.48. The third-order valence-corrected chi connectivity index (χ3v) is 8.19. The number of halogens is 3. The van der Waals surface area contributed by atoms with E-state index in [0.717, 1.165) is 31.2 Å². The summed E-state index contributed by atoms with van der Waals surface area (Å²) in [5.41, 5.74) is -0.276. The second-order valence-electron chi connectivity index (χ2n) is 11.2. The van der Waals surface area contributed by atoms with E-state index < -0.39 is 29.5 Å². The zero-order valence-corrected chi connectivity index (χ0v) is 21.9. The Bertz CT molecular complexity index is 1240. The van der Waals surface area contributed by atoms with E-state index in [9.17, 15) is 22.8 Å². The van der Waals surface area contributed by atoms with E-state index in [1.807, 2.05) is 18.0 Å². The molecular weight excluding hydrogens is 517 g/mol. The van der Waals surface area contributed by atoms with Gasteiger partial charge < -0.3 is 24.1 Å². The maximum Gasteiger partial charge on any atom is 0.420 e. The zero-order chi connectivity index (χ0) is 27.3. The summed E-state index contributed by atoms with van der Waals surface area (Å²) >= 11 is 0. The molecule has 2 aromatic rings. The highest BCUT2D eigenvalue weighted by Gasteiger charge is 2.46. The lowest BCUT2D eigenvalue weighted by Gasteiger charge is -2.32. The standard InChI is InChI=1S/C27H33F3N4O5/c1-15-10-20-21(22(27(28,29)30)24(39-20)25(35)31-11-18-14-37-8-9-38-18)23-19(15)13-34(32-23)12-16-4-6-33(7-5-16)26(36)17-2-3-17/h13,15-18H,2-12,14H2,1H3,(H,31,35)/t15-,18+/m0/s1. The molecule has 4 aliphatic rings. The molecular formula is C27H33F3N4O5. The fraction of sp³-hybridized carbons (Fsp3) is 0.667. The predicted octanol–water partition coefficient (Wildman–Crippen LogP) is 3.62. The number of nitrogens with zero attached hydrogens (tertiary/aromatic N) is 3. The molecule has 1 N–H and O–H groups in total. The van der Waals surface area contributed by atoms with Gasteiger partial charge in [0, 0.05) is 50.3 Å². The average Bonchev–Trinajstić information content (AvgIpc) is 3.56. The summed E-state index contributed by atoms with van der Waals surface area (Å²) in [7, 11) is 0. The number of hydrogen-bond acceptors (Lipinski definition) is 6. The molecule has 3 fully saturated rings. The first-order valence-electron chi connectivity index (χ1n) is 13.8. The molecule has 39 heavy (non-hydrogen) atoms. The molecule has 2 atom stereocenters. The fourth-order valence-corrected chi connectivity index (χ4v) is 5.91. The van der Waals surface area contributed by atoms with Gasteiger partial charge in [-0.25, -0.2) is 0 Å². The molecule has 0 aromatic carbocycles. The predicted molar refractivity (Wildman–Crippen MR) is 132 cm³/mol. The first kappa shape index (κ1) is 26.4. The summed E-state index contributed by atoms with van der Waals surface area (Å²) in [5, 5.41) is 7.12. The Labute approximate surface area is 224 Å². The number of likely N-dealkylation sites (tertiary alicyclic amines) is 1. The molecule has 6 rings (SSSR count). The Hall–Kier alpha value is -2.86. The Balaban J connectivity index is 1.22. The number of furan rings is 1. The molecule has 9 nitrogen and oxygen atoms in total. The summed E-state index contributed by atoms with van der Waals surface area (Å²) in [6.45, 7) is 4.99. The van der Waals surface area contributed by atoms with Gasteiger partial charge in [-0.05, 0) is 37.5 Å². The van der Waals surface area contributed by atoms with Crippen LogP contribution in [-0.4, -0.2) is 72.1 Å². The second kappa shape index (κ2) is 10.3. The van der Waals surface area contributed by atoms with Gasteiger partial charge in [-0.1, -0.05) is 6.92 Å². The van der Waals surface area contributed by atoms with Crippen LogP contribution in [0.4, 0.5) is 13.2 Å². The van der Waals surface area contributed by atoms with Gasteiger partial charge in [0.1, 0.15) is 11.3 Å². The lowest BCUT2D eigenvalue weighted by atomic mass is 9.86. The molecule has 0 spiro atoms. The lowest BCUT2D eigenvalue weighted by molar-refractivity contribution is -0.138. The molecule has 0 radical (unpaired) electrons. The van der Waals surface area contributed by atoms with Gasteiger partial charge in [-0.3, -0.25) is 14.3 Å². The highest BCUT2D eigenvalue weighted by molar-refractivity contribution is 5.96. The van der Waals surface area contributed by atoms with E-state index in [0.29, 0.717) is 32.8 Å². The first-order chi connectivity index (χ1) is 18.7. The molecule has 2 amide bonds. The van der Waals surface area contributed by atoms with Crippen LogP contribution < -0.4 is 5.32 Å². The molecule has 2 aromatic heterocycles. The molecule has 0 unspecified atom stereocenters. The van der Waals surface area contributed by atoms with Gasteiger partial charge in [-0.15, -0.1) is 0 Å².